The molecular formula is C14H18N2O. The highest BCUT2D eigenvalue weighted by molar-refractivity contribution is 5.91. The van der Waals surface area contributed by atoms with Gasteiger partial charge in [-0.25, -0.2) is 0 Å². The largest absolute Gasteiger partial charge is 0.338 e. The van der Waals surface area contributed by atoms with E-state index in [1.54, 1.807) is 6.08 Å². The van der Waals surface area contributed by atoms with E-state index >= 15 is 0 Å². The zero-order chi connectivity index (χ0) is 11.9. The van der Waals surface area contributed by atoms with Crippen LogP contribution < -0.4 is 5.32 Å². The minimum atomic E-state index is 0.109. The molecule has 1 amide bonds. The number of nitrogens with zero attached hydrogens (tertiary/aromatic N) is 1. The average Bonchev–Trinajstić information content (AvgIpc) is 2.66. The van der Waals surface area contributed by atoms with Crippen LogP contribution in [0.4, 0.5) is 0 Å². The summed E-state index contributed by atoms with van der Waals surface area (Å²) < 4.78 is 0. The van der Waals surface area contributed by atoms with Gasteiger partial charge in [0.05, 0.1) is 0 Å². The fourth-order valence-corrected chi connectivity index (χ4v) is 1.90. The van der Waals surface area contributed by atoms with E-state index in [0.717, 1.165) is 38.2 Å². The first-order valence-corrected chi connectivity index (χ1v) is 6.09. The smallest absolute Gasteiger partial charge is 0.246 e. The van der Waals surface area contributed by atoms with Gasteiger partial charge in [0.2, 0.25) is 5.91 Å². The van der Waals surface area contributed by atoms with Gasteiger partial charge in [0.15, 0.2) is 0 Å². The van der Waals surface area contributed by atoms with Crippen molar-refractivity contribution in [1.29, 1.82) is 0 Å². The van der Waals surface area contributed by atoms with E-state index in [2.05, 4.69) is 5.32 Å². The van der Waals surface area contributed by atoms with Crippen LogP contribution in [0.25, 0.3) is 6.08 Å². The third kappa shape index (κ3) is 3.71. The predicted octanol–water partition coefficient (Wildman–Crippen LogP) is 1.52. The number of carbonyl (C=O) groups excluding carboxylic acids is 1. The summed E-state index contributed by atoms with van der Waals surface area (Å²) in [5.41, 5.74) is 1.06. The molecule has 0 radical (unpaired) electrons. The molecule has 1 aliphatic heterocycles. The second-order valence-corrected chi connectivity index (χ2v) is 4.17. The Labute approximate surface area is 102 Å². The fourth-order valence-electron chi connectivity index (χ4n) is 1.90. The number of rotatable bonds is 2. The van der Waals surface area contributed by atoms with E-state index in [1.807, 2.05) is 41.3 Å². The van der Waals surface area contributed by atoms with E-state index < -0.39 is 0 Å². The first-order chi connectivity index (χ1) is 8.36. The monoisotopic (exact) mass is 230 g/mol. The maximum Gasteiger partial charge on any atom is 0.246 e. The molecule has 2 rings (SSSR count). The van der Waals surface area contributed by atoms with Crippen molar-refractivity contribution in [1.82, 2.24) is 10.2 Å². The third-order valence-electron chi connectivity index (χ3n) is 2.87. The van der Waals surface area contributed by atoms with E-state index in [9.17, 15) is 4.79 Å². The van der Waals surface area contributed by atoms with Crippen LogP contribution in [0.15, 0.2) is 36.4 Å². The normalized spacial score (nSPS) is 17.1. The summed E-state index contributed by atoms with van der Waals surface area (Å²) in [5, 5.41) is 3.29. The Hall–Kier alpha value is -1.61. The standard InChI is InChI=1S/C14H18N2O/c17-14(16-11-4-9-15-10-12-16)8-7-13-5-2-1-3-6-13/h1-3,5-8,15H,4,9-12H2. The number of benzene rings is 1. The number of hydrogen-bond acceptors (Lipinski definition) is 2. The highest BCUT2D eigenvalue weighted by atomic mass is 16.2. The summed E-state index contributed by atoms with van der Waals surface area (Å²) in [6, 6.07) is 9.90. The lowest BCUT2D eigenvalue weighted by molar-refractivity contribution is -0.125. The number of hydrogen-bond donors (Lipinski definition) is 1. The van der Waals surface area contributed by atoms with Crippen LogP contribution in [0, 0.1) is 0 Å². The van der Waals surface area contributed by atoms with Gasteiger partial charge in [-0.15, -0.1) is 0 Å². The van der Waals surface area contributed by atoms with E-state index in [-0.39, 0.29) is 5.91 Å². The first-order valence-electron chi connectivity index (χ1n) is 6.09. The molecule has 17 heavy (non-hydrogen) atoms. The van der Waals surface area contributed by atoms with Crippen LogP contribution >= 0.6 is 0 Å². The van der Waals surface area contributed by atoms with E-state index in [4.69, 9.17) is 0 Å². The van der Waals surface area contributed by atoms with Crippen LogP contribution in [-0.4, -0.2) is 37.0 Å². The Morgan fingerprint density at radius 2 is 2.00 bits per heavy atom. The van der Waals surface area contributed by atoms with Crippen molar-refractivity contribution >= 4 is 12.0 Å². The molecule has 0 unspecified atom stereocenters. The minimum absolute atomic E-state index is 0.109. The quantitative estimate of drug-likeness (QED) is 0.781. The molecule has 1 heterocycles. The molecule has 1 N–H and O–H groups in total. The van der Waals surface area contributed by atoms with Gasteiger partial charge in [0.25, 0.3) is 0 Å². The van der Waals surface area contributed by atoms with Gasteiger partial charge in [-0.1, -0.05) is 30.3 Å². The molecule has 1 fully saturated rings. The van der Waals surface area contributed by atoms with Gasteiger partial charge < -0.3 is 10.2 Å². The molecule has 0 bridgehead atoms. The Morgan fingerprint density at radius 3 is 2.82 bits per heavy atom. The van der Waals surface area contributed by atoms with E-state index in [1.165, 1.54) is 0 Å². The van der Waals surface area contributed by atoms with Crippen molar-refractivity contribution in [3.05, 3.63) is 42.0 Å². The molecule has 0 saturated carbocycles. The second kappa shape index (κ2) is 6.21. The topological polar surface area (TPSA) is 32.3 Å². The summed E-state index contributed by atoms with van der Waals surface area (Å²) in [7, 11) is 0. The van der Waals surface area contributed by atoms with Crippen LogP contribution in [0.5, 0.6) is 0 Å². The van der Waals surface area contributed by atoms with Crippen LogP contribution in [0.3, 0.4) is 0 Å². The maximum atomic E-state index is 11.9. The lowest BCUT2D eigenvalue weighted by atomic mass is 10.2. The Kier molecular flexibility index (Phi) is 4.33. The number of amides is 1. The maximum absolute atomic E-state index is 11.9. The molecule has 0 atom stereocenters. The summed E-state index contributed by atoms with van der Waals surface area (Å²) in [4.78, 5) is 13.8. The lowest BCUT2D eigenvalue weighted by Gasteiger charge is -2.17. The van der Waals surface area contributed by atoms with Crippen molar-refractivity contribution < 1.29 is 4.79 Å². The molecule has 1 saturated heterocycles. The molecule has 1 aromatic rings. The van der Waals surface area contributed by atoms with Crippen molar-refractivity contribution in [3.8, 4) is 0 Å². The van der Waals surface area contributed by atoms with Gasteiger partial charge in [0, 0.05) is 25.7 Å². The van der Waals surface area contributed by atoms with Crippen LogP contribution in [0.2, 0.25) is 0 Å². The molecule has 3 heteroatoms. The summed E-state index contributed by atoms with van der Waals surface area (Å²) in [6.07, 6.45) is 4.58. The lowest BCUT2D eigenvalue weighted by Crippen LogP contribution is -2.32. The third-order valence-corrected chi connectivity index (χ3v) is 2.87. The van der Waals surface area contributed by atoms with E-state index in [0.29, 0.717) is 0 Å². The summed E-state index contributed by atoms with van der Waals surface area (Å²) >= 11 is 0. The van der Waals surface area contributed by atoms with Crippen LogP contribution in [-0.2, 0) is 4.79 Å². The first kappa shape index (κ1) is 11.9. The van der Waals surface area contributed by atoms with Crippen molar-refractivity contribution in [2.75, 3.05) is 26.2 Å². The van der Waals surface area contributed by atoms with Gasteiger partial charge in [-0.3, -0.25) is 4.79 Å². The molecule has 3 nitrogen and oxygen atoms in total. The van der Waals surface area contributed by atoms with Crippen LogP contribution in [0.1, 0.15) is 12.0 Å². The molecule has 90 valence electrons. The molecule has 0 spiro atoms. The summed E-state index contributed by atoms with van der Waals surface area (Å²) in [5.74, 6) is 0.109. The average molecular weight is 230 g/mol. The molecule has 0 aliphatic carbocycles. The van der Waals surface area contributed by atoms with Gasteiger partial charge in [-0.05, 0) is 24.6 Å². The Morgan fingerprint density at radius 1 is 1.18 bits per heavy atom. The second-order valence-electron chi connectivity index (χ2n) is 4.17. The van der Waals surface area contributed by atoms with Gasteiger partial charge >= 0.3 is 0 Å². The Bertz CT molecular complexity index is 378. The highest BCUT2D eigenvalue weighted by Gasteiger charge is 2.11. The van der Waals surface area contributed by atoms with Gasteiger partial charge in [0.1, 0.15) is 0 Å². The van der Waals surface area contributed by atoms with Crippen molar-refractivity contribution in [3.63, 3.8) is 0 Å². The zero-order valence-electron chi connectivity index (χ0n) is 9.93. The fraction of sp³-hybridized carbons (Fsp3) is 0.357. The predicted molar refractivity (Wildman–Crippen MR) is 69.5 cm³/mol. The van der Waals surface area contributed by atoms with Gasteiger partial charge in [-0.2, -0.15) is 0 Å². The zero-order valence-corrected chi connectivity index (χ0v) is 9.93. The Balaban J connectivity index is 1.94. The molecule has 1 aliphatic rings. The number of carbonyl (C=O) groups is 1. The minimum Gasteiger partial charge on any atom is -0.338 e. The summed E-state index contributed by atoms with van der Waals surface area (Å²) in [6.45, 7) is 3.56. The number of nitrogens with one attached hydrogen (secondary N) is 1. The van der Waals surface area contributed by atoms with Crippen molar-refractivity contribution in [2.45, 2.75) is 6.42 Å². The molecule has 0 aromatic heterocycles. The highest BCUT2D eigenvalue weighted by Crippen LogP contribution is 2.03. The van der Waals surface area contributed by atoms with Crippen molar-refractivity contribution in [2.24, 2.45) is 0 Å². The molecule has 1 aromatic carbocycles. The molecular weight excluding hydrogens is 212 g/mol. The SMILES string of the molecule is O=C(C=Cc1ccccc1)N1CCCNCC1.